The Morgan fingerprint density at radius 1 is 1.53 bits per heavy atom. The summed E-state index contributed by atoms with van der Waals surface area (Å²) in [6.07, 6.45) is 0. The lowest BCUT2D eigenvalue weighted by Gasteiger charge is -2.09. The Labute approximate surface area is 113 Å². The van der Waals surface area contributed by atoms with E-state index in [4.69, 9.17) is 16.7 Å². The molecular weight excluding hydrogens is 276 g/mol. The highest BCUT2D eigenvalue weighted by atomic mass is 35.5. The lowest BCUT2D eigenvalue weighted by atomic mass is 10.1. The number of nitrogens with one attached hydrogen (secondary N) is 1. The molecule has 1 atom stereocenters. The second kappa shape index (κ2) is 6.14. The van der Waals surface area contributed by atoms with Gasteiger partial charge in [0.2, 0.25) is 0 Å². The summed E-state index contributed by atoms with van der Waals surface area (Å²) in [5, 5.41) is 21.7. The van der Waals surface area contributed by atoms with Gasteiger partial charge >= 0.3 is 5.97 Å². The molecule has 0 aliphatic heterocycles. The molecule has 0 aliphatic carbocycles. The second-order valence-electron chi connectivity index (χ2n) is 3.87. The number of benzene rings is 1. The summed E-state index contributed by atoms with van der Waals surface area (Å²) in [5.74, 6) is -2.46. The number of hydrogen-bond donors (Lipinski definition) is 2. The summed E-state index contributed by atoms with van der Waals surface area (Å²) in [6, 6.07) is 3.47. The van der Waals surface area contributed by atoms with E-state index in [0.717, 1.165) is 6.07 Å². The van der Waals surface area contributed by atoms with Crippen LogP contribution in [0.2, 0.25) is 5.02 Å². The van der Waals surface area contributed by atoms with E-state index in [1.807, 2.05) is 0 Å². The summed E-state index contributed by atoms with van der Waals surface area (Å²) in [5.41, 5.74) is -0.325. The number of nitro groups is 1. The first-order valence-electron chi connectivity index (χ1n) is 5.28. The summed E-state index contributed by atoms with van der Waals surface area (Å²) < 4.78 is 0. The number of hydrogen-bond acceptors (Lipinski definition) is 4. The van der Waals surface area contributed by atoms with E-state index in [-0.39, 0.29) is 22.8 Å². The maximum Gasteiger partial charge on any atom is 0.308 e. The summed E-state index contributed by atoms with van der Waals surface area (Å²) in [6.45, 7) is 1.34. The Morgan fingerprint density at radius 2 is 2.16 bits per heavy atom. The summed E-state index contributed by atoms with van der Waals surface area (Å²) in [7, 11) is 0. The molecule has 0 fully saturated rings. The van der Waals surface area contributed by atoms with Gasteiger partial charge < -0.3 is 10.4 Å². The maximum absolute atomic E-state index is 11.8. The first-order valence-corrected chi connectivity index (χ1v) is 5.65. The van der Waals surface area contributed by atoms with Gasteiger partial charge in [-0.3, -0.25) is 19.7 Å². The van der Waals surface area contributed by atoms with Gasteiger partial charge in [0.15, 0.2) is 0 Å². The molecule has 102 valence electrons. The largest absolute Gasteiger partial charge is 0.481 e. The number of nitrogens with zero attached hydrogens (tertiary/aromatic N) is 1. The highest BCUT2D eigenvalue weighted by molar-refractivity contribution is 6.33. The van der Waals surface area contributed by atoms with Gasteiger partial charge in [0.1, 0.15) is 0 Å². The standard InChI is InChI=1S/C11H11ClN2O5/c1-6(11(16)17)5-13-10(15)8-4-7(14(18)19)2-3-9(8)12/h2-4,6H,5H2,1H3,(H,13,15)(H,16,17). The van der Waals surface area contributed by atoms with Crippen LogP contribution in [0.5, 0.6) is 0 Å². The molecule has 1 aromatic rings. The van der Waals surface area contributed by atoms with Gasteiger partial charge in [0.05, 0.1) is 21.4 Å². The van der Waals surface area contributed by atoms with E-state index >= 15 is 0 Å². The van der Waals surface area contributed by atoms with Crippen LogP contribution in [0, 0.1) is 16.0 Å². The Balaban J connectivity index is 2.84. The Bertz CT molecular complexity index is 532. The van der Waals surface area contributed by atoms with Crippen molar-refractivity contribution in [2.45, 2.75) is 6.92 Å². The first-order chi connectivity index (χ1) is 8.82. The molecule has 2 N–H and O–H groups in total. The molecule has 0 aliphatic rings. The van der Waals surface area contributed by atoms with Crippen molar-refractivity contribution >= 4 is 29.2 Å². The number of non-ortho nitro benzene ring substituents is 1. The number of carbonyl (C=O) groups is 2. The van der Waals surface area contributed by atoms with E-state index in [1.54, 1.807) is 0 Å². The van der Waals surface area contributed by atoms with E-state index < -0.39 is 22.7 Å². The highest BCUT2D eigenvalue weighted by Crippen LogP contribution is 2.21. The van der Waals surface area contributed by atoms with Crippen molar-refractivity contribution in [1.82, 2.24) is 5.32 Å². The summed E-state index contributed by atoms with van der Waals surface area (Å²) in [4.78, 5) is 32.3. The van der Waals surface area contributed by atoms with Crippen LogP contribution in [-0.4, -0.2) is 28.5 Å². The fourth-order valence-electron chi connectivity index (χ4n) is 1.23. The van der Waals surface area contributed by atoms with Crippen molar-refractivity contribution in [3.05, 3.63) is 38.9 Å². The molecule has 0 radical (unpaired) electrons. The van der Waals surface area contributed by atoms with Gasteiger partial charge in [0.25, 0.3) is 11.6 Å². The van der Waals surface area contributed by atoms with Gasteiger partial charge in [0, 0.05) is 18.7 Å². The van der Waals surface area contributed by atoms with Gasteiger partial charge in [-0.05, 0) is 6.07 Å². The van der Waals surface area contributed by atoms with E-state index in [9.17, 15) is 19.7 Å². The number of halogens is 1. The van der Waals surface area contributed by atoms with E-state index in [0.29, 0.717) is 0 Å². The molecule has 0 saturated carbocycles. The van der Waals surface area contributed by atoms with Crippen molar-refractivity contribution in [1.29, 1.82) is 0 Å². The average molecular weight is 287 g/mol. The van der Waals surface area contributed by atoms with Crippen LogP contribution in [0.15, 0.2) is 18.2 Å². The Kier molecular flexibility index (Phi) is 4.82. The van der Waals surface area contributed by atoms with Crippen molar-refractivity contribution in [3.63, 3.8) is 0 Å². The van der Waals surface area contributed by atoms with Gasteiger partial charge in [-0.2, -0.15) is 0 Å². The molecule has 1 rings (SSSR count). The lowest BCUT2D eigenvalue weighted by molar-refractivity contribution is -0.384. The third-order valence-electron chi connectivity index (χ3n) is 2.40. The number of nitro benzene ring substituents is 1. The highest BCUT2D eigenvalue weighted by Gasteiger charge is 2.17. The molecule has 0 heterocycles. The molecule has 8 heteroatoms. The number of carboxylic acid groups (broad SMARTS) is 1. The predicted octanol–water partition coefficient (Wildman–Crippen LogP) is 1.70. The van der Waals surface area contributed by atoms with Crippen LogP contribution in [0.25, 0.3) is 0 Å². The van der Waals surface area contributed by atoms with Gasteiger partial charge in [-0.1, -0.05) is 18.5 Å². The van der Waals surface area contributed by atoms with E-state index in [1.165, 1.54) is 19.1 Å². The van der Waals surface area contributed by atoms with Crippen molar-refractivity contribution < 1.29 is 19.6 Å². The van der Waals surface area contributed by atoms with Crippen molar-refractivity contribution in [3.8, 4) is 0 Å². The molecule has 0 aromatic heterocycles. The molecular formula is C11H11ClN2O5. The maximum atomic E-state index is 11.8. The van der Waals surface area contributed by atoms with Crippen LogP contribution in [-0.2, 0) is 4.79 Å². The third-order valence-corrected chi connectivity index (χ3v) is 2.73. The fourth-order valence-corrected chi connectivity index (χ4v) is 1.43. The van der Waals surface area contributed by atoms with Crippen LogP contribution in [0.1, 0.15) is 17.3 Å². The number of amides is 1. The normalized spacial score (nSPS) is 11.7. The number of rotatable bonds is 5. The molecule has 0 bridgehead atoms. The molecule has 19 heavy (non-hydrogen) atoms. The van der Waals surface area contributed by atoms with Crippen molar-refractivity contribution in [2.75, 3.05) is 6.54 Å². The molecule has 1 aromatic carbocycles. The minimum absolute atomic E-state index is 0.0612. The average Bonchev–Trinajstić information content (AvgIpc) is 2.35. The first kappa shape index (κ1) is 14.9. The molecule has 7 nitrogen and oxygen atoms in total. The molecule has 1 unspecified atom stereocenters. The number of aliphatic carboxylic acids is 1. The smallest absolute Gasteiger partial charge is 0.308 e. The lowest BCUT2D eigenvalue weighted by Crippen LogP contribution is -2.31. The monoisotopic (exact) mass is 286 g/mol. The molecule has 0 spiro atoms. The van der Waals surface area contributed by atoms with Crippen LogP contribution in [0.4, 0.5) is 5.69 Å². The van der Waals surface area contributed by atoms with Gasteiger partial charge in [-0.15, -0.1) is 0 Å². The predicted molar refractivity (Wildman–Crippen MR) is 67.2 cm³/mol. The molecule has 0 saturated heterocycles. The Hall–Kier alpha value is -2.15. The minimum Gasteiger partial charge on any atom is -0.481 e. The van der Waals surface area contributed by atoms with Crippen LogP contribution < -0.4 is 5.32 Å². The number of carbonyl (C=O) groups excluding carboxylic acids is 1. The zero-order valence-electron chi connectivity index (χ0n) is 9.92. The Morgan fingerprint density at radius 3 is 2.68 bits per heavy atom. The van der Waals surface area contributed by atoms with E-state index in [2.05, 4.69) is 5.32 Å². The number of carboxylic acids is 1. The van der Waals surface area contributed by atoms with Crippen molar-refractivity contribution in [2.24, 2.45) is 5.92 Å². The fraction of sp³-hybridized carbons (Fsp3) is 0.273. The van der Waals surface area contributed by atoms with Crippen LogP contribution >= 0.6 is 11.6 Å². The molecule has 1 amide bonds. The summed E-state index contributed by atoms with van der Waals surface area (Å²) >= 11 is 5.77. The zero-order valence-corrected chi connectivity index (χ0v) is 10.7. The third kappa shape index (κ3) is 3.92. The van der Waals surface area contributed by atoms with Gasteiger partial charge in [-0.25, -0.2) is 0 Å². The quantitative estimate of drug-likeness (QED) is 0.632. The second-order valence-corrected chi connectivity index (χ2v) is 4.28. The minimum atomic E-state index is -1.05. The topological polar surface area (TPSA) is 110 Å². The van der Waals surface area contributed by atoms with Crippen LogP contribution in [0.3, 0.4) is 0 Å². The zero-order chi connectivity index (χ0) is 14.6. The SMILES string of the molecule is CC(CNC(=O)c1cc([N+](=O)[O-])ccc1Cl)C(=O)O.